The van der Waals surface area contributed by atoms with Crippen LogP contribution in [0.25, 0.3) is 0 Å². The zero-order valence-corrected chi connectivity index (χ0v) is 15.0. The van der Waals surface area contributed by atoms with Crippen molar-refractivity contribution in [1.82, 2.24) is 15.1 Å². The molecule has 9 nitrogen and oxygen atoms in total. The van der Waals surface area contributed by atoms with E-state index in [0.717, 1.165) is 5.69 Å². The summed E-state index contributed by atoms with van der Waals surface area (Å²) in [5.74, 6) is -0.0602. The Hall–Kier alpha value is -2.58. The number of amides is 2. The van der Waals surface area contributed by atoms with Gasteiger partial charge in [0.25, 0.3) is 0 Å². The summed E-state index contributed by atoms with van der Waals surface area (Å²) in [6.07, 6.45) is 0.186. The molecular weight excluding hydrogens is 328 g/mol. The smallest absolute Gasteiger partial charge is 0.410 e. The predicted octanol–water partition coefficient (Wildman–Crippen LogP) is 1.10. The number of carbonyl (C=O) groups is 3. The molecule has 0 saturated carbocycles. The van der Waals surface area contributed by atoms with Gasteiger partial charge in [0.1, 0.15) is 12.1 Å². The van der Waals surface area contributed by atoms with Crippen molar-refractivity contribution in [3.8, 4) is 0 Å². The molecule has 0 atom stereocenters. The lowest BCUT2D eigenvalue weighted by Crippen LogP contribution is -2.53. The number of esters is 1. The molecular formula is C16H24N4O5. The van der Waals surface area contributed by atoms with Gasteiger partial charge < -0.3 is 9.47 Å². The number of piperazine rings is 1. The van der Waals surface area contributed by atoms with Crippen LogP contribution in [0.5, 0.6) is 0 Å². The molecule has 0 aliphatic carbocycles. The number of rotatable bonds is 4. The highest BCUT2D eigenvalue weighted by Crippen LogP contribution is 2.18. The summed E-state index contributed by atoms with van der Waals surface area (Å²) in [6, 6.07) is 1.73. The van der Waals surface area contributed by atoms with Crippen molar-refractivity contribution >= 4 is 23.8 Å². The SMILES string of the molecule is COC(=O)CCc1cc(N2CCN(C(=O)OC(C)(C)C)CC2=O)n[nH]1. The van der Waals surface area contributed by atoms with E-state index < -0.39 is 11.7 Å². The Bertz CT molecular complexity index is 649. The van der Waals surface area contributed by atoms with Gasteiger partial charge in [-0.2, -0.15) is 5.10 Å². The lowest BCUT2D eigenvalue weighted by molar-refractivity contribution is -0.140. The van der Waals surface area contributed by atoms with Gasteiger partial charge in [-0.1, -0.05) is 0 Å². The molecule has 1 aromatic heterocycles. The number of H-pyrrole nitrogens is 1. The minimum atomic E-state index is -0.603. The normalized spacial score (nSPS) is 15.3. The van der Waals surface area contributed by atoms with E-state index in [1.807, 2.05) is 0 Å². The quantitative estimate of drug-likeness (QED) is 0.814. The van der Waals surface area contributed by atoms with Gasteiger partial charge >= 0.3 is 12.1 Å². The summed E-state index contributed by atoms with van der Waals surface area (Å²) in [4.78, 5) is 38.5. The zero-order valence-electron chi connectivity index (χ0n) is 15.0. The Kier molecular flexibility index (Phi) is 5.66. The molecule has 1 aliphatic heterocycles. The number of hydrogen-bond acceptors (Lipinski definition) is 6. The van der Waals surface area contributed by atoms with E-state index in [4.69, 9.17) is 4.74 Å². The van der Waals surface area contributed by atoms with E-state index in [9.17, 15) is 14.4 Å². The maximum atomic E-state index is 12.3. The van der Waals surface area contributed by atoms with E-state index in [-0.39, 0.29) is 24.8 Å². The first-order valence-electron chi connectivity index (χ1n) is 8.09. The van der Waals surface area contributed by atoms with Gasteiger partial charge in [0.15, 0.2) is 5.82 Å². The Balaban J connectivity index is 1.93. The lowest BCUT2D eigenvalue weighted by Gasteiger charge is -2.34. The number of methoxy groups -OCH3 is 1. The number of aryl methyl sites for hydroxylation is 1. The van der Waals surface area contributed by atoms with Crippen molar-refractivity contribution in [2.75, 3.05) is 31.6 Å². The molecule has 1 aliphatic rings. The number of nitrogens with zero attached hydrogens (tertiary/aromatic N) is 3. The predicted molar refractivity (Wildman–Crippen MR) is 89.1 cm³/mol. The van der Waals surface area contributed by atoms with Crippen LogP contribution in [0.3, 0.4) is 0 Å². The summed E-state index contributed by atoms with van der Waals surface area (Å²) >= 11 is 0. The van der Waals surface area contributed by atoms with E-state index >= 15 is 0 Å². The van der Waals surface area contributed by atoms with Gasteiger partial charge in [-0.25, -0.2) is 4.79 Å². The molecule has 9 heteroatoms. The first-order valence-corrected chi connectivity index (χ1v) is 8.09. The van der Waals surface area contributed by atoms with Crippen molar-refractivity contribution in [2.45, 2.75) is 39.2 Å². The van der Waals surface area contributed by atoms with Crippen molar-refractivity contribution in [3.63, 3.8) is 0 Å². The average Bonchev–Trinajstić information content (AvgIpc) is 2.99. The van der Waals surface area contributed by atoms with Gasteiger partial charge in [-0.3, -0.25) is 24.5 Å². The summed E-state index contributed by atoms with van der Waals surface area (Å²) < 4.78 is 9.88. The van der Waals surface area contributed by atoms with Crippen LogP contribution in [0, 0.1) is 0 Å². The molecule has 2 amide bonds. The minimum Gasteiger partial charge on any atom is -0.469 e. The fourth-order valence-electron chi connectivity index (χ4n) is 2.35. The molecule has 138 valence electrons. The van der Waals surface area contributed by atoms with Gasteiger partial charge in [0.2, 0.25) is 5.91 Å². The first-order chi connectivity index (χ1) is 11.7. The fraction of sp³-hybridized carbons (Fsp3) is 0.625. The Morgan fingerprint density at radius 1 is 1.32 bits per heavy atom. The molecule has 2 rings (SSSR count). The molecule has 2 heterocycles. The number of hydrogen-bond donors (Lipinski definition) is 1. The van der Waals surface area contributed by atoms with Crippen molar-refractivity contribution in [1.29, 1.82) is 0 Å². The molecule has 0 aromatic carbocycles. The highest BCUT2D eigenvalue weighted by Gasteiger charge is 2.31. The maximum absolute atomic E-state index is 12.3. The van der Waals surface area contributed by atoms with Crippen LogP contribution in [0.4, 0.5) is 10.6 Å². The summed E-state index contributed by atoms with van der Waals surface area (Å²) in [6.45, 7) is 5.98. The minimum absolute atomic E-state index is 0.0563. The number of nitrogens with one attached hydrogen (secondary N) is 1. The molecule has 0 radical (unpaired) electrons. The standard InChI is InChI=1S/C16H24N4O5/c1-16(2,3)25-15(23)19-7-8-20(13(21)10-19)12-9-11(17-18-12)5-6-14(22)24-4/h9H,5-8,10H2,1-4H3,(H,17,18). The van der Waals surface area contributed by atoms with Crippen LogP contribution < -0.4 is 4.90 Å². The molecule has 0 spiro atoms. The second-order valence-corrected chi connectivity index (χ2v) is 6.77. The van der Waals surface area contributed by atoms with Crippen LogP contribution in [0.1, 0.15) is 32.9 Å². The second-order valence-electron chi connectivity index (χ2n) is 6.77. The first kappa shape index (κ1) is 18.8. The Morgan fingerprint density at radius 2 is 2.04 bits per heavy atom. The Labute approximate surface area is 146 Å². The Morgan fingerprint density at radius 3 is 2.64 bits per heavy atom. The van der Waals surface area contributed by atoms with E-state index in [0.29, 0.717) is 25.3 Å². The van der Waals surface area contributed by atoms with Crippen molar-refractivity contribution in [2.24, 2.45) is 0 Å². The van der Waals surface area contributed by atoms with Gasteiger partial charge in [-0.15, -0.1) is 0 Å². The van der Waals surface area contributed by atoms with Crippen LogP contribution in [0.15, 0.2) is 6.07 Å². The molecule has 0 bridgehead atoms. The number of anilines is 1. The largest absolute Gasteiger partial charge is 0.469 e. The molecule has 1 aromatic rings. The van der Waals surface area contributed by atoms with Gasteiger partial charge in [-0.05, 0) is 27.2 Å². The van der Waals surface area contributed by atoms with E-state index in [2.05, 4.69) is 14.9 Å². The highest BCUT2D eigenvalue weighted by molar-refractivity contribution is 5.96. The van der Waals surface area contributed by atoms with Gasteiger partial charge in [0.05, 0.1) is 13.5 Å². The summed E-state index contributed by atoms with van der Waals surface area (Å²) in [5, 5.41) is 6.93. The van der Waals surface area contributed by atoms with Crippen molar-refractivity contribution < 1.29 is 23.9 Å². The fourth-order valence-corrected chi connectivity index (χ4v) is 2.35. The third kappa shape index (κ3) is 5.20. The summed E-state index contributed by atoms with van der Waals surface area (Å²) in [5.41, 5.74) is 0.136. The topological polar surface area (TPSA) is 105 Å². The lowest BCUT2D eigenvalue weighted by atomic mass is 10.2. The average molecular weight is 352 g/mol. The number of aromatic amines is 1. The van der Waals surface area contributed by atoms with Crippen LogP contribution >= 0.6 is 0 Å². The molecule has 1 saturated heterocycles. The van der Waals surface area contributed by atoms with E-state index in [1.54, 1.807) is 26.8 Å². The molecule has 1 fully saturated rings. The third-order valence-corrected chi connectivity index (χ3v) is 3.59. The highest BCUT2D eigenvalue weighted by atomic mass is 16.6. The van der Waals surface area contributed by atoms with Crippen LogP contribution in [0.2, 0.25) is 0 Å². The number of aromatic nitrogens is 2. The maximum Gasteiger partial charge on any atom is 0.410 e. The molecule has 1 N–H and O–H groups in total. The molecule has 25 heavy (non-hydrogen) atoms. The zero-order chi connectivity index (χ0) is 18.6. The van der Waals surface area contributed by atoms with Crippen LogP contribution in [-0.2, 0) is 25.5 Å². The van der Waals surface area contributed by atoms with Crippen LogP contribution in [-0.4, -0.2) is 65.4 Å². The molecule has 0 unspecified atom stereocenters. The van der Waals surface area contributed by atoms with Gasteiger partial charge in [0, 0.05) is 24.8 Å². The number of carbonyl (C=O) groups excluding carboxylic acids is 3. The van der Waals surface area contributed by atoms with Crippen molar-refractivity contribution in [3.05, 3.63) is 11.8 Å². The third-order valence-electron chi connectivity index (χ3n) is 3.59. The number of ether oxygens (including phenoxy) is 2. The monoisotopic (exact) mass is 352 g/mol. The summed E-state index contributed by atoms with van der Waals surface area (Å²) in [7, 11) is 1.34. The van der Waals surface area contributed by atoms with E-state index in [1.165, 1.54) is 16.9 Å². The second kappa shape index (κ2) is 7.54.